The van der Waals surface area contributed by atoms with Crippen molar-refractivity contribution in [2.45, 2.75) is 45.6 Å². The summed E-state index contributed by atoms with van der Waals surface area (Å²) in [5.41, 5.74) is 11.1. The third-order valence-electron chi connectivity index (χ3n) is 5.14. The summed E-state index contributed by atoms with van der Waals surface area (Å²) in [5.74, 6) is 0.756. The highest BCUT2D eigenvalue weighted by atomic mass is 16.1. The molecule has 7 nitrogen and oxygen atoms in total. The molecule has 3 N–H and O–H groups in total. The number of fused-ring (bicyclic) bond motifs is 2. The second-order valence-electron chi connectivity index (χ2n) is 6.80. The zero-order chi connectivity index (χ0) is 18.3. The molecule has 1 aromatic carbocycles. The Bertz CT molecular complexity index is 993. The topological polar surface area (TPSA) is 98.2 Å². The summed E-state index contributed by atoms with van der Waals surface area (Å²) in [4.78, 5) is 21.0. The van der Waals surface area contributed by atoms with Crippen LogP contribution in [0.4, 0.5) is 5.95 Å². The molecule has 0 fully saturated rings. The minimum absolute atomic E-state index is 0.0590. The molecule has 0 aliphatic heterocycles. The van der Waals surface area contributed by atoms with Crippen LogP contribution in [0, 0.1) is 13.8 Å². The van der Waals surface area contributed by atoms with E-state index >= 15 is 0 Å². The van der Waals surface area contributed by atoms with Crippen molar-refractivity contribution in [1.29, 1.82) is 0 Å². The Morgan fingerprint density at radius 2 is 2.12 bits per heavy atom. The van der Waals surface area contributed by atoms with E-state index in [1.807, 2.05) is 19.9 Å². The van der Waals surface area contributed by atoms with E-state index in [9.17, 15) is 4.79 Å². The van der Waals surface area contributed by atoms with Gasteiger partial charge in [-0.2, -0.15) is 9.50 Å². The van der Waals surface area contributed by atoms with Gasteiger partial charge in [-0.05, 0) is 49.8 Å². The number of rotatable bonds is 4. The summed E-state index contributed by atoms with van der Waals surface area (Å²) in [6.07, 6.45) is 3.01. The number of amides is 1. The largest absolute Gasteiger partial charge is 0.366 e. The van der Waals surface area contributed by atoms with Gasteiger partial charge in [-0.15, -0.1) is 5.10 Å². The lowest BCUT2D eigenvalue weighted by atomic mass is 10.1. The maximum Gasteiger partial charge on any atom is 0.254 e. The van der Waals surface area contributed by atoms with Crippen LogP contribution in [0.1, 0.15) is 47.0 Å². The minimum Gasteiger partial charge on any atom is -0.366 e. The molecule has 1 aliphatic rings. The van der Waals surface area contributed by atoms with Gasteiger partial charge in [0.1, 0.15) is 0 Å². The fraction of sp³-hybridized carbons (Fsp3) is 0.368. The van der Waals surface area contributed by atoms with Crippen LogP contribution in [0.15, 0.2) is 24.3 Å². The molecule has 1 atom stereocenters. The Kier molecular flexibility index (Phi) is 4.06. The summed E-state index contributed by atoms with van der Waals surface area (Å²) in [6, 6.07) is 8.44. The molecule has 2 heterocycles. The van der Waals surface area contributed by atoms with Crippen molar-refractivity contribution in [3.05, 3.63) is 52.3 Å². The van der Waals surface area contributed by atoms with Crippen molar-refractivity contribution in [1.82, 2.24) is 24.9 Å². The number of carbonyl (C=O) groups is 1. The maximum atomic E-state index is 12.5. The predicted octanol–water partition coefficient (Wildman–Crippen LogP) is 2.06. The number of hydrogen-bond acceptors (Lipinski definition) is 5. The van der Waals surface area contributed by atoms with Crippen molar-refractivity contribution in [3.8, 4) is 0 Å². The van der Waals surface area contributed by atoms with Crippen LogP contribution in [0.2, 0.25) is 0 Å². The first kappa shape index (κ1) is 16.5. The average molecular weight is 350 g/mol. The number of anilines is 1. The zero-order valence-electron chi connectivity index (χ0n) is 15.0. The molecule has 0 radical (unpaired) electrons. The smallest absolute Gasteiger partial charge is 0.254 e. The van der Waals surface area contributed by atoms with Crippen LogP contribution in [0.5, 0.6) is 0 Å². The highest BCUT2D eigenvalue weighted by Crippen LogP contribution is 2.30. The number of nitrogens with one attached hydrogen (secondary N) is 1. The number of hydrogen-bond donors (Lipinski definition) is 2. The van der Waals surface area contributed by atoms with Crippen LogP contribution < -0.4 is 11.1 Å². The molecule has 0 bridgehead atoms. The van der Waals surface area contributed by atoms with Gasteiger partial charge in [0.05, 0.1) is 6.04 Å². The van der Waals surface area contributed by atoms with E-state index in [2.05, 4.69) is 38.6 Å². The summed E-state index contributed by atoms with van der Waals surface area (Å²) in [6.45, 7) is 3.88. The number of nitrogen functional groups attached to an aromatic ring is 1. The molecule has 0 unspecified atom stereocenters. The van der Waals surface area contributed by atoms with Gasteiger partial charge >= 0.3 is 0 Å². The molecule has 1 aliphatic carbocycles. The second-order valence-corrected chi connectivity index (χ2v) is 6.80. The van der Waals surface area contributed by atoms with E-state index in [0.29, 0.717) is 18.6 Å². The SMILES string of the molecule is Cc1nc2nc(N)nn2c(C)c1CCC(=O)N[C@@H]1CCc2ccccc21. The standard InChI is InChI=1S/C19H22N6O/c1-11-14(12(2)25-19(21-11)23-18(20)24-25)8-10-17(26)22-16-9-7-13-5-3-4-6-15(13)16/h3-6,16H,7-10H2,1-2H3,(H2,20,24)(H,22,26)/t16-/m1/s1. The Balaban J connectivity index is 1.46. The van der Waals surface area contributed by atoms with Crippen molar-refractivity contribution >= 4 is 17.6 Å². The van der Waals surface area contributed by atoms with Gasteiger partial charge in [0.2, 0.25) is 11.9 Å². The monoisotopic (exact) mass is 350 g/mol. The highest BCUT2D eigenvalue weighted by molar-refractivity contribution is 5.77. The molecule has 26 heavy (non-hydrogen) atoms. The fourth-order valence-electron chi connectivity index (χ4n) is 3.80. The Morgan fingerprint density at radius 1 is 1.31 bits per heavy atom. The number of aryl methyl sites for hydroxylation is 3. The third kappa shape index (κ3) is 2.89. The molecular weight excluding hydrogens is 328 g/mol. The number of nitrogens with two attached hydrogens (primary N) is 1. The van der Waals surface area contributed by atoms with Gasteiger partial charge in [0.15, 0.2) is 0 Å². The average Bonchev–Trinajstić information content (AvgIpc) is 3.18. The first-order valence-corrected chi connectivity index (χ1v) is 8.88. The quantitative estimate of drug-likeness (QED) is 0.750. The van der Waals surface area contributed by atoms with Crippen molar-refractivity contribution in [2.75, 3.05) is 5.73 Å². The molecule has 0 saturated heterocycles. The molecule has 3 aromatic rings. The molecule has 2 aromatic heterocycles. The van der Waals surface area contributed by atoms with Gasteiger partial charge < -0.3 is 11.1 Å². The lowest BCUT2D eigenvalue weighted by Gasteiger charge is -2.15. The van der Waals surface area contributed by atoms with Gasteiger partial charge in [-0.25, -0.2) is 4.98 Å². The summed E-state index contributed by atoms with van der Waals surface area (Å²) >= 11 is 0. The van der Waals surface area contributed by atoms with Crippen LogP contribution >= 0.6 is 0 Å². The number of carbonyl (C=O) groups excluding carboxylic acids is 1. The molecule has 1 amide bonds. The highest BCUT2D eigenvalue weighted by Gasteiger charge is 2.23. The maximum absolute atomic E-state index is 12.5. The molecule has 4 rings (SSSR count). The first-order valence-electron chi connectivity index (χ1n) is 8.88. The Morgan fingerprint density at radius 3 is 2.96 bits per heavy atom. The number of aromatic nitrogens is 4. The molecule has 0 saturated carbocycles. The van der Waals surface area contributed by atoms with Gasteiger partial charge in [-0.3, -0.25) is 4.79 Å². The predicted molar refractivity (Wildman–Crippen MR) is 98.6 cm³/mol. The third-order valence-corrected chi connectivity index (χ3v) is 5.14. The summed E-state index contributed by atoms with van der Waals surface area (Å²) in [7, 11) is 0. The van der Waals surface area contributed by atoms with Crippen LogP contribution in [-0.4, -0.2) is 25.5 Å². The van der Waals surface area contributed by atoms with E-state index in [0.717, 1.165) is 29.8 Å². The molecule has 134 valence electrons. The van der Waals surface area contributed by atoms with Gasteiger partial charge in [0.25, 0.3) is 5.78 Å². The lowest BCUT2D eigenvalue weighted by Crippen LogP contribution is -2.27. The van der Waals surface area contributed by atoms with Crippen LogP contribution in [0.25, 0.3) is 5.78 Å². The van der Waals surface area contributed by atoms with E-state index in [-0.39, 0.29) is 17.9 Å². The van der Waals surface area contributed by atoms with E-state index in [1.165, 1.54) is 11.1 Å². The van der Waals surface area contributed by atoms with E-state index < -0.39 is 0 Å². The molecule has 0 spiro atoms. The summed E-state index contributed by atoms with van der Waals surface area (Å²) in [5, 5.41) is 7.34. The second kappa shape index (κ2) is 6.40. The fourth-order valence-corrected chi connectivity index (χ4v) is 3.80. The normalized spacial score (nSPS) is 16.0. The lowest BCUT2D eigenvalue weighted by molar-refractivity contribution is -0.121. The first-order chi connectivity index (χ1) is 12.5. The van der Waals surface area contributed by atoms with Crippen molar-refractivity contribution in [2.24, 2.45) is 0 Å². The van der Waals surface area contributed by atoms with E-state index in [1.54, 1.807) is 4.52 Å². The molecular formula is C19H22N6O. The molecule has 7 heteroatoms. The summed E-state index contributed by atoms with van der Waals surface area (Å²) < 4.78 is 1.64. The van der Waals surface area contributed by atoms with Crippen molar-refractivity contribution in [3.63, 3.8) is 0 Å². The zero-order valence-corrected chi connectivity index (χ0v) is 15.0. The minimum atomic E-state index is 0.0590. The van der Waals surface area contributed by atoms with Gasteiger partial charge in [0, 0.05) is 17.8 Å². The Hall–Kier alpha value is -2.96. The van der Waals surface area contributed by atoms with Crippen LogP contribution in [0.3, 0.4) is 0 Å². The Labute approximate surface area is 151 Å². The van der Waals surface area contributed by atoms with Crippen LogP contribution in [-0.2, 0) is 17.6 Å². The number of nitrogens with zero attached hydrogens (tertiary/aromatic N) is 4. The van der Waals surface area contributed by atoms with E-state index in [4.69, 9.17) is 5.73 Å². The van der Waals surface area contributed by atoms with Crippen molar-refractivity contribution < 1.29 is 4.79 Å². The number of benzene rings is 1. The van der Waals surface area contributed by atoms with Gasteiger partial charge in [-0.1, -0.05) is 24.3 Å².